The number of anilines is 2. The zero-order chi connectivity index (χ0) is 12.4. The summed E-state index contributed by atoms with van der Waals surface area (Å²) in [5.41, 5.74) is 2.42. The van der Waals surface area contributed by atoms with Gasteiger partial charge in [0.05, 0.1) is 0 Å². The molecule has 0 spiro atoms. The second kappa shape index (κ2) is 4.29. The average Bonchev–Trinajstić information content (AvgIpc) is 2.84. The van der Waals surface area contributed by atoms with E-state index in [0.29, 0.717) is 5.82 Å². The molecule has 5 heteroatoms. The summed E-state index contributed by atoms with van der Waals surface area (Å²) in [5.74, 6) is 0.687. The van der Waals surface area contributed by atoms with Crippen LogP contribution in [0.25, 0.3) is 17.4 Å². The quantitative estimate of drug-likeness (QED) is 0.760. The van der Waals surface area contributed by atoms with Crippen LogP contribution in [0.1, 0.15) is 0 Å². The third-order valence-electron chi connectivity index (χ3n) is 2.59. The fraction of sp³-hybridized carbons (Fsp3) is 0. The van der Waals surface area contributed by atoms with Crippen LogP contribution in [0.3, 0.4) is 0 Å². The Hall–Kier alpha value is -2.69. The molecule has 0 unspecified atom stereocenters. The molecule has 0 saturated carbocycles. The number of hydrogen-bond donors (Lipinski definition) is 1. The Labute approximate surface area is 104 Å². The highest BCUT2D eigenvalue weighted by molar-refractivity contribution is 5.86. The van der Waals surface area contributed by atoms with Gasteiger partial charge in [0.2, 0.25) is 0 Å². The largest absolute Gasteiger partial charge is 0.338 e. The molecular formula is C13H11N5. The first-order valence-corrected chi connectivity index (χ1v) is 5.50. The molecule has 2 aromatic heterocycles. The first kappa shape index (κ1) is 10.5. The number of rotatable bonds is 3. The van der Waals surface area contributed by atoms with Crippen molar-refractivity contribution in [3.8, 4) is 0 Å². The van der Waals surface area contributed by atoms with Crippen molar-refractivity contribution in [3.63, 3.8) is 0 Å². The molecule has 88 valence electrons. The number of imidazole rings is 1. The molecule has 0 radical (unpaired) electrons. The second-order valence-electron chi connectivity index (χ2n) is 3.72. The number of aromatic nitrogens is 4. The van der Waals surface area contributed by atoms with Gasteiger partial charge in [0, 0.05) is 11.9 Å². The van der Waals surface area contributed by atoms with Gasteiger partial charge in [-0.1, -0.05) is 24.8 Å². The Morgan fingerprint density at radius 2 is 1.94 bits per heavy atom. The molecule has 1 N–H and O–H groups in total. The summed E-state index contributed by atoms with van der Waals surface area (Å²) in [6.45, 7) is 3.71. The normalized spacial score (nSPS) is 10.4. The van der Waals surface area contributed by atoms with E-state index in [1.807, 2.05) is 30.3 Å². The van der Waals surface area contributed by atoms with Crippen molar-refractivity contribution >= 4 is 28.9 Å². The highest BCUT2D eigenvalue weighted by atomic mass is 15.1. The van der Waals surface area contributed by atoms with Gasteiger partial charge in [0.25, 0.3) is 0 Å². The smallest absolute Gasteiger partial charge is 0.169 e. The van der Waals surface area contributed by atoms with Crippen LogP contribution in [0.4, 0.5) is 11.5 Å². The Balaban J connectivity index is 2.07. The monoisotopic (exact) mass is 237 g/mol. The van der Waals surface area contributed by atoms with Crippen molar-refractivity contribution in [3.05, 3.63) is 49.6 Å². The van der Waals surface area contributed by atoms with E-state index < -0.39 is 0 Å². The third-order valence-corrected chi connectivity index (χ3v) is 2.59. The van der Waals surface area contributed by atoms with Crippen molar-refractivity contribution in [2.75, 3.05) is 5.32 Å². The lowest BCUT2D eigenvalue weighted by Crippen LogP contribution is -1.96. The Kier molecular flexibility index (Phi) is 2.49. The zero-order valence-electron chi connectivity index (χ0n) is 9.61. The number of nitrogens with one attached hydrogen (secondary N) is 1. The molecule has 0 saturated heterocycles. The van der Waals surface area contributed by atoms with Crippen LogP contribution in [-0.4, -0.2) is 19.5 Å². The molecule has 0 bridgehead atoms. The Bertz CT molecular complexity index is 687. The molecule has 3 aromatic rings. The summed E-state index contributed by atoms with van der Waals surface area (Å²) in [7, 11) is 0. The van der Waals surface area contributed by atoms with Gasteiger partial charge in [0.1, 0.15) is 12.7 Å². The maximum atomic E-state index is 4.29. The number of fused-ring (bicyclic) bond motifs is 1. The van der Waals surface area contributed by atoms with Gasteiger partial charge in [0.15, 0.2) is 17.0 Å². The van der Waals surface area contributed by atoms with Crippen molar-refractivity contribution in [2.24, 2.45) is 0 Å². The summed E-state index contributed by atoms with van der Waals surface area (Å²) in [6, 6.07) is 9.83. The molecule has 18 heavy (non-hydrogen) atoms. The van der Waals surface area contributed by atoms with Gasteiger partial charge in [-0.05, 0) is 12.1 Å². The Morgan fingerprint density at radius 1 is 1.11 bits per heavy atom. The molecular weight excluding hydrogens is 226 g/mol. The summed E-state index contributed by atoms with van der Waals surface area (Å²) in [6.07, 6.45) is 4.84. The van der Waals surface area contributed by atoms with E-state index >= 15 is 0 Å². The number of para-hydroxylation sites is 1. The first-order valence-electron chi connectivity index (χ1n) is 5.50. The second-order valence-corrected chi connectivity index (χ2v) is 3.72. The van der Waals surface area contributed by atoms with Crippen molar-refractivity contribution in [1.29, 1.82) is 0 Å². The van der Waals surface area contributed by atoms with Crippen LogP contribution in [0.2, 0.25) is 0 Å². The van der Waals surface area contributed by atoms with Gasteiger partial charge in [-0.2, -0.15) is 0 Å². The van der Waals surface area contributed by atoms with E-state index in [9.17, 15) is 0 Å². The minimum atomic E-state index is 0.687. The molecule has 0 fully saturated rings. The van der Waals surface area contributed by atoms with E-state index in [1.54, 1.807) is 17.1 Å². The molecule has 1 aromatic carbocycles. The van der Waals surface area contributed by atoms with Crippen LogP contribution in [0, 0.1) is 0 Å². The zero-order valence-corrected chi connectivity index (χ0v) is 9.61. The Morgan fingerprint density at radius 3 is 2.72 bits per heavy atom. The lowest BCUT2D eigenvalue weighted by atomic mass is 10.3. The van der Waals surface area contributed by atoms with E-state index in [2.05, 4.69) is 26.8 Å². The van der Waals surface area contributed by atoms with E-state index in [4.69, 9.17) is 0 Å². The molecule has 0 aliphatic carbocycles. The lowest BCUT2D eigenvalue weighted by molar-refractivity contribution is 1.13. The summed E-state index contributed by atoms with van der Waals surface area (Å²) in [5, 5.41) is 3.22. The molecule has 0 aliphatic heterocycles. The molecule has 2 heterocycles. The van der Waals surface area contributed by atoms with Crippen LogP contribution in [-0.2, 0) is 0 Å². The highest BCUT2D eigenvalue weighted by Crippen LogP contribution is 2.21. The fourth-order valence-electron chi connectivity index (χ4n) is 1.74. The van der Waals surface area contributed by atoms with E-state index in [-0.39, 0.29) is 0 Å². The molecule has 3 rings (SSSR count). The summed E-state index contributed by atoms with van der Waals surface area (Å²) < 4.78 is 1.76. The topological polar surface area (TPSA) is 55.6 Å². The van der Waals surface area contributed by atoms with E-state index in [1.165, 1.54) is 6.33 Å². The molecule has 0 aliphatic rings. The maximum Gasteiger partial charge on any atom is 0.169 e. The van der Waals surface area contributed by atoms with Gasteiger partial charge in [-0.25, -0.2) is 15.0 Å². The van der Waals surface area contributed by atoms with Gasteiger partial charge in [-0.3, -0.25) is 4.57 Å². The third kappa shape index (κ3) is 1.71. The van der Waals surface area contributed by atoms with Crippen LogP contribution < -0.4 is 5.32 Å². The van der Waals surface area contributed by atoms with Gasteiger partial charge >= 0.3 is 0 Å². The maximum absolute atomic E-state index is 4.29. The van der Waals surface area contributed by atoms with Gasteiger partial charge < -0.3 is 5.32 Å². The van der Waals surface area contributed by atoms with Crippen molar-refractivity contribution < 1.29 is 0 Å². The predicted octanol–water partition coefficient (Wildman–Crippen LogP) is 2.67. The van der Waals surface area contributed by atoms with Crippen molar-refractivity contribution in [1.82, 2.24) is 19.5 Å². The SMILES string of the molecule is C=Cn1cnc2c(Nc3ccccc3)ncnc21. The summed E-state index contributed by atoms with van der Waals surface area (Å²) >= 11 is 0. The summed E-state index contributed by atoms with van der Waals surface area (Å²) in [4.78, 5) is 12.7. The average molecular weight is 237 g/mol. The number of hydrogen-bond acceptors (Lipinski definition) is 4. The van der Waals surface area contributed by atoms with Crippen molar-refractivity contribution in [2.45, 2.75) is 0 Å². The predicted molar refractivity (Wildman–Crippen MR) is 71.4 cm³/mol. The van der Waals surface area contributed by atoms with E-state index in [0.717, 1.165) is 16.9 Å². The fourth-order valence-corrected chi connectivity index (χ4v) is 1.74. The lowest BCUT2D eigenvalue weighted by Gasteiger charge is -2.05. The van der Waals surface area contributed by atoms with Gasteiger partial charge in [-0.15, -0.1) is 0 Å². The standard InChI is InChI=1S/C13H11N5/c1-2-18-9-16-11-12(14-8-15-13(11)18)17-10-6-4-3-5-7-10/h2-9H,1H2,(H,14,15,17). The minimum Gasteiger partial charge on any atom is -0.338 e. The number of nitrogens with zero attached hydrogens (tertiary/aromatic N) is 4. The van der Waals surface area contributed by atoms with Crippen LogP contribution in [0.15, 0.2) is 49.6 Å². The van der Waals surface area contributed by atoms with Crippen LogP contribution in [0.5, 0.6) is 0 Å². The molecule has 0 amide bonds. The highest BCUT2D eigenvalue weighted by Gasteiger charge is 2.08. The minimum absolute atomic E-state index is 0.687. The first-order chi connectivity index (χ1) is 8.88. The molecule has 5 nitrogen and oxygen atoms in total. The molecule has 0 atom stereocenters. The van der Waals surface area contributed by atoms with Crippen LogP contribution >= 0.6 is 0 Å². The number of benzene rings is 1.